The molecular formula is C18H19ClN4O2. The number of amides is 1. The maximum absolute atomic E-state index is 12.2. The molecule has 1 amide bonds. The fraction of sp³-hybridized carbons (Fsp3) is 0.278. The monoisotopic (exact) mass is 358 g/mol. The molecule has 7 heteroatoms. The van der Waals surface area contributed by atoms with Gasteiger partial charge in [-0.25, -0.2) is 0 Å². The fourth-order valence-corrected chi connectivity index (χ4v) is 2.53. The van der Waals surface area contributed by atoms with Crippen molar-refractivity contribution in [1.82, 2.24) is 20.0 Å². The van der Waals surface area contributed by atoms with Gasteiger partial charge in [0, 0.05) is 22.3 Å². The van der Waals surface area contributed by atoms with Crippen molar-refractivity contribution < 1.29 is 9.32 Å². The minimum absolute atomic E-state index is 0.0811. The average Bonchev–Trinajstić information content (AvgIpc) is 3.14. The van der Waals surface area contributed by atoms with Crippen LogP contribution < -0.4 is 5.32 Å². The van der Waals surface area contributed by atoms with Gasteiger partial charge in [0.15, 0.2) is 0 Å². The summed E-state index contributed by atoms with van der Waals surface area (Å²) < 4.78 is 7.15. The highest BCUT2D eigenvalue weighted by Crippen LogP contribution is 2.23. The second kappa shape index (κ2) is 6.72. The number of rotatable bonds is 4. The number of carbonyl (C=O) groups is 1. The van der Waals surface area contributed by atoms with Crippen LogP contribution in [-0.4, -0.2) is 26.2 Å². The number of aromatic nitrogens is 3. The number of halogens is 1. The Morgan fingerprint density at radius 1 is 1.24 bits per heavy atom. The molecule has 0 atom stereocenters. The summed E-state index contributed by atoms with van der Waals surface area (Å²) in [5, 5.41) is 7.59. The highest BCUT2D eigenvalue weighted by molar-refractivity contribution is 6.30. The lowest BCUT2D eigenvalue weighted by Gasteiger charge is -2.20. The minimum atomic E-state index is -0.281. The molecule has 0 spiro atoms. The zero-order valence-electron chi connectivity index (χ0n) is 14.3. The molecule has 0 unspecified atom stereocenters. The lowest BCUT2D eigenvalue weighted by molar-refractivity contribution is -0.123. The SMILES string of the molecule is CC(C)(C)NC(=O)Cn1cccc1-c1nc(-c2ccc(Cl)cc2)no1. The molecule has 0 aliphatic rings. The first-order chi connectivity index (χ1) is 11.8. The van der Waals surface area contributed by atoms with E-state index in [1.165, 1.54) is 0 Å². The third-order valence-corrected chi connectivity index (χ3v) is 3.66. The lowest BCUT2D eigenvalue weighted by atomic mass is 10.1. The van der Waals surface area contributed by atoms with Crippen molar-refractivity contribution >= 4 is 17.5 Å². The van der Waals surface area contributed by atoms with Crippen molar-refractivity contribution in [2.24, 2.45) is 0 Å². The number of nitrogens with zero attached hydrogens (tertiary/aromatic N) is 3. The summed E-state index contributed by atoms with van der Waals surface area (Å²) in [6.45, 7) is 6.01. The maximum atomic E-state index is 12.2. The second-order valence-electron chi connectivity index (χ2n) is 6.75. The predicted molar refractivity (Wildman–Crippen MR) is 96.1 cm³/mol. The molecule has 1 N–H and O–H groups in total. The summed E-state index contributed by atoms with van der Waals surface area (Å²) in [5.41, 5.74) is 1.22. The molecular weight excluding hydrogens is 340 g/mol. The van der Waals surface area contributed by atoms with E-state index in [4.69, 9.17) is 16.1 Å². The molecule has 0 saturated carbocycles. The van der Waals surface area contributed by atoms with Crippen LogP contribution in [0.5, 0.6) is 0 Å². The Kier molecular flexibility index (Phi) is 4.63. The number of carbonyl (C=O) groups excluding carboxylic acids is 1. The van der Waals surface area contributed by atoms with Gasteiger partial charge >= 0.3 is 0 Å². The van der Waals surface area contributed by atoms with Gasteiger partial charge in [0.05, 0.1) is 0 Å². The van der Waals surface area contributed by atoms with E-state index in [2.05, 4.69) is 15.5 Å². The summed E-state index contributed by atoms with van der Waals surface area (Å²) in [7, 11) is 0. The molecule has 0 aliphatic heterocycles. The van der Waals surface area contributed by atoms with Gasteiger partial charge in [-0.3, -0.25) is 4.79 Å². The van der Waals surface area contributed by atoms with Crippen molar-refractivity contribution in [2.75, 3.05) is 0 Å². The van der Waals surface area contributed by atoms with Crippen LogP contribution in [0.2, 0.25) is 5.02 Å². The van der Waals surface area contributed by atoms with Gasteiger partial charge in [-0.15, -0.1) is 0 Å². The maximum Gasteiger partial charge on any atom is 0.274 e. The van der Waals surface area contributed by atoms with Crippen LogP contribution in [0.1, 0.15) is 20.8 Å². The zero-order chi connectivity index (χ0) is 18.0. The summed E-state index contributed by atoms with van der Waals surface area (Å²) in [6, 6.07) is 10.9. The molecule has 0 saturated heterocycles. The van der Waals surface area contributed by atoms with Crippen molar-refractivity contribution in [3.63, 3.8) is 0 Å². The van der Waals surface area contributed by atoms with Gasteiger partial charge in [-0.05, 0) is 57.2 Å². The Morgan fingerprint density at radius 3 is 2.64 bits per heavy atom. The molecule has 2 heterocycles. The quantitative estimate of drug-likeness (QED) is 0.770. The van der Waals surface area contributed by atoms with E-state index in [1.807, 2.05) is 51.2 Å². The van der Waals surface area contributed by atoms with Crippen LogP contribution in [0.15, 0.2) is 47.1 Å². The van der Waals surface area contributed by atoms with Crippen LogP contribution in [-0.2, 0) is 11.3 Å². The lowest BCUT2D eigenvalue weighted by Crippen LogP contribution is -2.42. The van der Waals surface area contributed by atoms with Gasteiger partial charge in [0.2, 0.25) is 11.7 Å². The first kappa shape index (κ1) is 17.2. The van der Waals surface area contributed by atoms with Crippen molar-refractivity contribution in [2.45, 2.75) is 32.9 Å². The molecule has 0 radical (unpaired) electrons. The molecule has 3 aromatic rings. The van der Waals surface area contributed by atoms with Gasteiger partial charge in [-0.1, -0.05) is 16.8 Å². The predicted octanol–water partition coefficient (Wildman–Crippen LogP) is 3.77. The average molecular weight is 359 g/mol. The molecule has 0 bridgehead atoms. The third-order valence-electron chi connectivity index (χ3n) is 3.41. The summed E-state index contributed by atoms with van der Waals surface area (Å²) in [6.07, 6.45) is 1.81. The largest absolute Gasteiger partial charge is 0.350 e. The standard InChI is InChI=1S/C18H19ClN4O2/c1-18(2,3)21-15(24)11-23-10-4-5-14(23)17-20-16(22-25-17)12-6-8-13(19)9-7-12/h4-10H,11H2,1-3H3,(H,21,24). The number of nitrogens with one attached hydrogen (secondary N) is 1. The van der Waals surface area contributed by atoms with E-state index in [1.54, 1.807) is 16.7 Å². The third kappa shape index (κ3) is 4.28. The zero-order valence-corrected chi connectivity index (χ0v) is 15.0. The molecule has 2 aromatic heterocycles. The van der Waals surface area contributed by atoms with E-state index >= 15 is 0 Å². The van der Waals surface area contributed by atoms with Gasteiger partial charge < -0.3 is 14.4 Å². The Morgan fingerprint density at radius 2 is 1.96 bits per heavy atom. The summed E-state index contributed by atoms with van der Waals surface area (Å²) in [4.78, 5) is 16.6. The molecule has 1 aromatic carbocycles. The van der Waals surface area contributed by atoms with E-state index in [0.717, 1.165) is 5.56 Å². The van der Waals surface area contributed by atoms with Crippen LogP contribution >= 0.6 is 11.6 Å². The van der Waals surface area contributed by atoms with Crippen LogP contribution in [0.3, 0.4) is 0 Å². The van der Waals surface area contributed by atoms with Gasteiger partial charge in [0.25, 0.3) is 5.89 Å². The molecule has 0 aliphatic carbocycles. The van der Waals surface area contributed by atoms with E-state index < -0.39 is 0 Å². The first-order valence-corrected chi connectivity index (χ1v) is 8.26. The highest BCUT2D eigenvalue weighted by atomic mass is 35.5. The Labute approximate surface area is 150 Å². The number of benzene rings is 1. The van der Waals surface area contributed by atoms with Crippen LogP contribution in [0, 0.1) is 0 Å². The van der Waals surface area contributed by atoms with Crippen molar-refractivity contribution in [3.8, 4) is 23.0 Å². The van der Waals surface area contributed by atoms with E-state index in [-0.39, 0.29) is 18.0 Å². The Bertz CT molecular complexity index is 875. The van der Waals surface area contributed by atoms with Gasteiger partial charge in [0.1, 0.15) is 12.2 Å². The molecule has 130 valence electrons. The topological polar surface area (TPSA) is 73.0 Å². The Balaban J connectivity index is 1.81. The highest BCUT2D eigenvalue weighted by Gasteiger charge is 2.18. The smallest absolute Gasteiger partial charge is 0.274 e. The van der Waals surface area contributed by atoms with Crippen LogP contribution in [0.25, 0.3) is 23.0 Å². The van der Waals surface area contributed by atoms with Crippen LogP contribution in [0.4, 0.5) is 0 Å². The Hall–Kier alpha value is -2.60. The van der Waals surface area contributed by atoms with Crippen molar-refractivity contribution in [1.29, 1.82) is 0 Å². The molecule has 25 heavy (non-hydrogen) atoms. The normalized spacial score (nSPS) is 11.5. The summed E-state index contributed by atoms with van der Waals surface area (Å²) >= 11 is 5.90. The summed E-state index contributed by atoms with van der Waals surface area (Å²) in [5.74, 6) is 0.749. The van der Waals surface area contributed by atoms with Crippen molar-refractivity contribution in [3.05, 3.63) is 47.6 Å². The second-order valence-corrected chi connectivity index (χ2v) is 7.19. The van der Waals surface area contributed by atoms with E-state index in [9.17, 15) is 4.79 Å². The van der Waals surface area contributed by atoms with Gasteiger partial charge in [-0.2, -0.15) is 4.98 Å². The van der Waals surface area contributed by atoms with E-state index in [0.29, 0.717) is 22.4 Å². The number of hydrogen-bond donors (Lipinski definition) is 1. The molecule has 0 fully saturated rings. The molecule has 6 nitrogen and oxygen atoms in total. The molecule has 3 rings (SSSR count). The minimum Gasteiger partial charge on any atom is -0.350 e. The first-order valence-electron chi connectivity index (χ1n) is 7.88. The fourth-order valence-electron chi connectivity index (χ4n) is 2.40. The number of hydrogen-bond acceptors (Lipinski definition) is 4.